The van der Waals surface area contributed by atoms with E-state index in [1.165, 1.54) is 24.1 Å². The summed E-state index contributed by atoms with van der Waals surface area (Å²) >= 11 is 0. The number of rotatable bonds is 3. The van der Waals surface area contributed by atoms with Crippen molar-refractivity contribution in [3.63, 3.8) is 0 Å². The lowest BCUT2D eigenvalue weighted by atomic mass is 10.1. The van der Waals surface area contributed by atoms with Crippen molar-refractivity contribution in [3.8, 4) is 0 Å². The van der Waals surface area contributed by atoms with Crippen LogP contribution in [0.15, 0.2) is 28.8 Å². The largest absolute Gasteiger partial charge is 0.371 e. The normalized spacial score (nSPS) is 16.9. The average Bonchev–Trinajstić information content (AvgIpc) is 3.26. The summed E-state index contributed by atoms with van der Waals surface area (Å²) < 4.78 is 5.06. The Balaban J connectivity index is 1.56. The van der Waals surface area contributed by atoms with Gasteiger partial charge in [-0.15, -0.1) is 0 Å². The predicted molar refractivity (Wildman–Crippen MR) is 88.9 cm³/mol. The Morgan fingerprint density at radius 2 is 2.04 bits per heavy atom. The van der Waals surface area contributed by atoms with Gasteiger partial charge in [-0.3, -0.25) is 4.79 Å². The maximum atomic E-state index is 12.6. The summed E-state index contributed by atoms with van der Waals surface area (Å²) in [5.41, 5.74) is 4.27. The summed E-state index contributed by atoms with van der Waals surface area (Å²) in [6, 6.07) is 8.38. The van der Waals surface area contributed by atoms with Gasteiger partial charge in [-0.1, -0.05) is 11.2 Å². The minimum atomic E-state index is 0.0932. The lowest BCUT2D eigenvalue weighted by Crippen LogP contribution is -2.30. The van der Waals surface area contributed by atoms with Crippen LogP contribution < -0.4 is 9.80 Å². The van der Waals surface area contributed by atoms with Crippen molar-refractivity contribution in [1.29, 1.82) is 0 Å². The number of aromatic nitrogens is 1. The van der Waals surface area contributed by atoms with Gasteiger partial charge in [-0.05, 0) is 43.9 Å². The van der Waals surface area contributed by atoms with Crippen molar-refractivity contribution in [3.05, 3.63) is 41.3 Å². The van der Waals surface area contributed by atoms with Crippen LogP contribution in [0.3, 0.4) is 0 Å². The molecule has 1 aromatic heterocycles. The maximum absolute atomic E-state index is 12.6. The van der Waals surface area contributed by atoms with E-state index in [0.29, 0.717) is 12.1 Å². The van der Waals surface area contributed by atoms with E-state index in [0.717, 1.165) is 37.5 Å². The molecule has 1 fully saturated rings. The molecule has 1 saturated heterocycles. The van der Waals surface area contributed by atoms with E-state index in [-0.39, 0.29) is 5.91 Å². The molecular formula is C18H21N3O2. The monoisotopic (exact) mass is 311 g/mol. The minimum Gasteiger partial charge on any atom is -0.371 e. The van der Waals surface area contributed by atoms with E-state index < -0.39 is 0 Å². The van der Waals surface area contributed by atoms with E-state index in [4.69, 9.17) is 4.52 Å². The van der Waals surface area contributed by atoms with E-state index in [1.54, 1.807) is 0 Å². The Bertz CT molecular complexity index is 732. The molecule has 2 aliphatic rings. The minimum absolute atomic E-state index is 0.0932. The van der Waals surface area contributed by atoms with Crippen LogP contribution >= 0.6 is 0 Å². The van der Waals surface area contributed by atoms with Crippen LogP contribution in [-0.2, 0) is 17.6 Å². The Labute approximate surface area is 135 Å². The van der Waals surface area contributed by atoms with E-state index >= 15 is 0 Å². The highest BCUT2D eigenvalue weighted by atomic mass is 16.5. The zero-order valence-electron chi connectivity index (χ0n) is 13.4. The van der Waals surface area contributed by atoms with Gasteiger partial charge in [-0.25, -0.2) is 0 Å². The fraction of sp³-hybridized carbons (Fsp3) is 0.444. The van der Waals surface area contributed by atoms with Crippen LogP contribution in [0.4, 0.5) is 11.4 Å². The summed E-state index contributed by atoms with van der Waals surface area (Å²) in [6.07, 6.45) is 3.74. The molecule has 5 nitrogen and oxygen atoms in total. The molecule has 120 valence electrons. The molecule has 0 radical (unpaired) electrons. The van der Waals surface area contributed by atoms with Gasteiger partial charge in [-0.2, -0.15) is 0 Å². The highest BCUT2D eigenvalue weighted by Crippen LogP contribution is 2.33. The molecule has 4 rings (SSSR count). The number of carbonyl (C=O) groups excluding carboxylic acids is 1. The van der Waals surface area contributed by atoms with Crippen LogP contribution in [-0.4, -0.2) is 30.7 Å². The van der Waals surface area contributed by atoms with Gasteiger partial charge in [0.2, 0.25) is 5.91 Å². The number of amides is 1. The quantitative estimate of drug-likeness (QED) is 0.874. The molecule has 2 aliphatic heterocycles. The van der Waals surface area contributed by atoms with E-state index in [2.05, 4.69) is 28.3 Å². The average molecular weight is 311 g/mol. The van der Waals surface area contributed by atoms with E-state index in [1.807, 2.05) is 17.9 Å². The summed E-state index contributed by atoms with van der Waals surface area (Å²) in [4.78, 5) is 17.0. The van der Waals surface area contributed by atoms with Gasteiger partial charge >= 0.3 is 0 Å². The molecule has 1 amide bonds. The lowest BCUT2D eigenvalue weighted by Gasteiger charge is -2.21. The van der Waals surface area contributed by atoms with Crippen LogP contribution in [0.2, 0.25) is 0 Å². The van der Waals surface area contributed by atoms with Crippen molar-refractivity contribution >= 4 is 17.3 Å². The number of fused-ring (bicyclic) bond motifs is 1. The lowest BCUT2D eigenvalue weighted by molar-refractivity contribution is -0.118. The molecule has 5 heteroatoms. The molecule has 0 unspecified atom stereocenters. The Kier molecular flexibility index (Phi) is 3.56. The molecule has 0 bridgehead atoms. The summed E-state index contributed by atoms with van der Waals surface area (Å²) in [5, 5.41) is 3.93. The third-order valence-corrected chi connectivity index (χ3v) is 4.75. The number of carbonyl (C=O) groups is 1. The second kappa shape index (κ2) is 5.72. The first kappa shape index (κ1) is 14.3. The molecular weight excluding hydrogens is 290 g/mol. The molecule has 2 aromatic rings. The number of benzene rings is 1. The van der Waals surface area contributed by atoms with Gasteiger partial charge in [0, 0.05) is 37.1 Å². The Morgan fingerprint density at radius 3 is 2.78 bits per heavy atom. The molecule has 3 heterocycles. The summed E-state index contributed by atoms with van der Waals surface area (Å²) in [7, 11) is 0. The highest BCUT2D eigenvalue weighted by Gasteiger charge is 2.26. The zero-order valence-corrected chi connectivity index (χ0v) is 13.4. The first-order valence-electron chi connectivity index (χ1n) is 8.31. The first-order chi connectivity index (χ1) is 11.2. The number of anilines is 2. The molecule has 0 saturated carbocycles. The number of nitrogens with zero attached hydrogens (tertiary/aromatic N) is 3. The second-order valence-corrected chi connectivity index (χ2v) is 6.41. The zero-order chi connectivity index (χ0) is 15.8. The van der Waals surface area contributed by atoms with Gasteiger partial charge in [0.1, 0.15) is 5.76 Å². The van der Waals surface area contributed by atoms with Crippen LogP contribution in [0.25, 0.3) is 0 Å². The molecule has 1 aromatic carbocycles. The van der Waals surface area contributed by atoms with Gasteiger partial charge in [0.05, 0.1) is 12.1 Å². The predicted octanol–water partition coefficient (Wildman–Crippen LogP) is 2.72. The SMILES string of the molecule is Cc1cc(CC(=O)N2CCc3ccc(N4CCCC4)cc32)no1. The number of aryl methyl sites for hydroxylation is 1. The van der Waals surface area contributed by atoms with Crippen molar-refractivity contribution in [2.24, 2.45) is 0 Å². The van der Waals surface area contributed by atoms with Crippen LogP contribution in [0, 0.1) is 6.92 Å². The molecule has 23 heavy (non-hydrogen) atoms. The highest BCUT2D eigenvalue weighted by molar-refractivity contribution is 5.97. The summed E-state index contributed by atoms with van der Waals surface area (Å²) in [5.74, 6) is 0.835. The van der Waals surface area contributed by atoms with Crippen LogP contribution in [0.5, 0.6) is 0 Å². The smallest absolute Gasteiger partial charge is 0.233 e. The van der Waals surface area contributed by atoms with Gasteiger partial charge < -0.3 is 14.3 Å². The van der Waals surface area contributed by atoms with Crippen molar-refractivity contribution < 1.29 is 9.32 Å². The first-order valence-corrected chi connectivity index (χ1v) is 8.31. The van der Waals surface area contributed by atoms with Crippen molar-refractivity contribution in [2.45, 2.75) is 32.6 Å². The second-order valence-electron chi connectivity index (χ2n) is 6.41. The standard InChI is InChI=1S/C18H21N3O2/c1-13-10-15(19-23-13)11-18(22)21-9-6-14-4-5-16(12-17(14)21)20-7-2-3-8-20/h4-5,10,12H,2-3,6-9,11H2,1H3. The van der Waals surface area contributed by atoms with Crippen molar-refractivity contribution in [2.75, 3.05) is 29.4 Å². The Hall–Kier alpha value is -2.30. The number of hydrogen-bond acceptors (Lipinski definition) is 4. The fourth-order valence-corrected chi connectivity index (χ4v) is 3.55. The summed E-state index contributed by atoms with van der Waals surface area (Å²) in [6.45, 7) is 4.83. The maximum Gasteiger partial charge on any atom is 0.233 e. The third kappa shape index (κ3) is 2.71. The molecule has 0 spiro atoms. The van der Waals surface area contributed by atoms with Gasteiger partial charge in [0.25, 0.3) is 0 Å². The molecule has 0 N–H and O–H groups in total. The van der Waals surface area contributed by atoms with Crippen molar-refractivity contribution in [1.82, 2.24) is 5.16 Å². The van der Waals surface area contributed by atoms with E-state index in [9.17, 15) is 4.79 Å². The fourth-order valence-electron chi connectivity index (χ4n) is 3.55. The topological polar surface area (TPSA) is 49.6 Å². The molecule has 0 atom stereocenters. The van der Waals surface area contributed by atoms with Gasteiger partial charge in [0.15, 0.2) is 0 Å². The number of hydrogen-bond donors (Lipinski definition) is 0. The third-order valence-electron chi connectivity index (χ3n) is 4.75. The molecule has 0 aliphatic carbocycles. The van der Waals surface area contributed by atoms with Crippen LogP contribution in [0.1, 0.15) is 29.9 Å². The Morgan fingerprint density at radius 1 is 1.22 bits per heavy atom.